The molecule has 200 valence electrons. The third-order valence-corrected chi connectivity index (χ3v) is 5.42. The summed E-state index contributed by atoms with van der Waals surface area (Å²) in [4.78, 5) is 12.8. The van der Waals surface area contributed by atoms with E-state index in [0.29, 0.717) is 11.3 Å². The lowest BCUT2D eigenvalue weighted by molar-refractivity contribution is -0.174. The summed E-state index contributed by atoms with van der Waals surface area (Å²) in [6.45, 7) is 8.21. The Bertz CT molecular complexity index is 927. The van der Waals surface area contributed by atoms with Crippen molar-refractivity contribution < 1.29 is 45.8 Å². The summed E-state index contributed by atoms with van der Waals surface area (Å²) >= 11 is 0. The highest BCUT2D eigenvalue weighted by atomic mass is 32.2. The summed E-state index contributed by atoms with van der Waals surface area (Å²) in [6, 6.07) is 6.31. The molecule has 1 saturated heterocycles. The summed E-state index contributed by atoms with van der Waals surface area (Å²) in [5.41, 5.74) is -0.0456. The van der Waals surface area contributed by atoms with E-state index < -0.39 is 52.0 Å². The molecule has 2 rings (SSSR count). The normalized spacial score (nSPS) is 21.8. The highest BCUT2D eigenvalue weighted by Crippen LogP contribution is 2.38. The van der Waals surface area contributed by atoms with Gasteiger partial charge in [-0.25, -0.2) is 4.79 Å². The molecule has 0 saturated carbocycles. The number of amides is 1. The van der Waals surface area contributed by atoms with Gasteiger partial charge in [0.15, 0.2) is 5.79 Å². The molecule has 12 heteroatoms. The Balaban J connectivity index is 2.45. The maximum Gasteiger partial charge on any atom is 0.408 e. The van der Waals surface area contributed by atoms with Crippen molar-refractivity contribution in [3.8, 4) is 5.75 Å². The van der Waals surface area contributed by atoms with Gasteiger partial charge in [-0.1, -0.05) is 12.1 Å². The second-order valence-corrected chi connectivity index (χ2v) is 11.2. The minimum Gasteiger partial charge on any atom is -0.497 e. The molecule has 0 aliphatic carbocycles. The topological polar surface area (TPSA) is 128 Å². The predicted molar refractivity (Wildman–Crippen MR) is 126 cm³/mol. The second kappa shape index (κ2) is 11.8. The van der Waals surface area contributed by atoms with Crippen LogP contribution in [0.15, 0.2) is 24.3 Å². The molecule has 0 radical (unpaired) electrons. The largest absolute Gasteiger partial charge is 0.497 e. The quantitative estimate of drug-likeness (QED) is 0.344. The van der Waals surface area contributed by atoms with Gasteiger partial charge in [0, 0.05) is 7.11 Å². The van der Waals surface area contributed by atoms with Gasteiger partial charge in [-0.15, -0.1) is 0 Å². The lowest BCUT2D eigenvalue weighted by Crippen LogP contribution is -2.48. The number of hydrogen-bond acceptors (Lipinski definition) is 10. The molecule has 1 aromatic rings. The maximum absolute atomic E-state index is 12.8. The minimum absolute atomic E-state index is 0.141. The first-order valence-corrected chi connectivity index (χ1v) is 12.9. The number of rotatable bonds is 11. The fourth-order valence-corrected chi connectivity index (χ4v) is 3.93. The summed E-state index contributed by atoms with van der Waals surface area (Å²) in [7, 11) is -0.771. The van der Waals surface area contributed by atoms with Gasteiger partial charge in [-0.2, -0.15) is 8.42 Å². The fraction of sp³-hybridized carbons (Fsp3) is 0.696. The van der Waals surface area contributed by atoms with Crippen LogP contribution in [-0.2, 0) is 38.0 Å². The molecule has 4 atom stereocenters. The van der Waals surface area contributed by atoms with Crippen LogP contribution in [0.3, 0.4) is 0 Å². The lowest BCUT2D eigenvalue weighted by atomic mass is 9.95. The predicted octanol–water partition coefficient (Wildman–Crippen LogP) is 2.75. The van der Waals surface area contributed by atoms with Gasteiger partial charge in [0.05, 0.1) is 26.0 Å². The molecule has 0 unspecified atom stereocenters. The minimum atomic E-state index is -3.76. The molecular formula is C23H37NO10S. The van der Waals surface area contributed by atoms with E-state index in [4.69, 9.17) is 32.6 Å². The van der Waals surface area contributed by atoms with Crippen LogP contribution in [0.2, 0.25) is 0 Å². The lowest BCUT2D eigenvalue weighted by Gasteiger charge is -2.32. The zero-order chi connectivity index (χ0) is 26.4. The molecule has 11 nitrogen and oxygen atoms in total. The molecule has 1 heterocycles. The Morgan fingerprint density at radius 1 is 1.11 bits per heavy atom. The Kier molecular flexibility index (Phi) is 9.91. The highest BCUT2D eigenvalue weighted by molar-refractivity contribution is 7.85. The number of hydrogen-bond donors (Lipinski definition) is 1. The Morgan fingerprint density at radius 2 is 1.71 bits per heavy atom. The van der Waals surface area contributed by atoms with Crippen molar-refractivity contribution in [3.05, 3.63) is 29.8 Å². The van der Waals surface area contributed by atoms with Crippen LogP contribution >= 0.6 is 0 Å². The van der Waals surface area contributed by atoms with Gasteiger partial charge in [-0.3, -0.25) is 4.18 Å². The van der Waals surface area contributed by atoms with Crippen LogP contribution in [0.25, 0.3) is 0 Å². The van der Waals surface area contributed by atoms with E-state index in [1.165, 1.54) is 7.11 Å². The van der Waals surface area contributed by atoms with Crippen LogP contribution in [-0.4, -0.2) is 78.1 Å². The van der Waals surface area contributed by atoms with Crippen LogP contribution in [0, 0.1) is 0 Å². The standard InChI is InChI=1S/C23H37NO10S/c1-22(2,3)34-21(25)24-18(15-9-11-16(29-7)12-10-15)20-19(32-23(4,5)33-20)17(30-14-28-6)13-31-35(8,26)27/h9-12,17-20H,13-14H2,1-8H3,(H,24,25)/t17-,18+,19-,20-/m0/s1. The molecule has 0 aromatic heterocycles. The summed E-state index contributed by atoms with van der Waals surface area (Å²) in [5.74, 6) is -0.441. The molecule has 35 heavy (non-hydrogen) atoms. The molecule has 1 aliphatic rings. The Morgan fingerprint density at radius 3 is 2.23 bits per heavy atom. The van der Waals surface area contributed by atoms with Gasteiger partial charge in [-0.05, 0) is 52.3 Å². The van der Waals surface area contributed by atoms with Gasteiger partial charge in [0.2, 0.25) is 0 Å². The summed E-state index contributed by atoms with van der Waals surface area (Å²) in [6.07, 6.45) is -2.28. The van der Waals surface area contributed by atoms with Crippen molar-refractivity contribution in [3.63, 3.8) is 0 Å². The Hall–Kier alpha value is -1.96. The van der Waals surface area contributed by atoms with E-state index in [-0.39, 0.29) is 13.4 Å². The Labute approximate surface area is 207 Å². The molecule has 1 amide bonds. The third kappa shape index (κ3) is 9.54. The van der Waals surface area contributed by atoms with Crippen molar-refractivity contribution in [2.45, 2.75) is 70.4 Å². The average molecular weight is 520 g/mol. The van der Waals surface area contributed by atoms with Crippen molar-refractivity contribution in [2.24, 2.45) is 0 Å². The fourth-order valence-electron chi connectivity index (χ4n) is 3.55. The average Bonchev–Trinajstić information content (AvgIpc) is 3.05. The molecule has 1 aromatic carbocycles. The molecule has 0 bridgehead atoms. The van der Waals surface area contributed by atoms with E-state index >= 15 is 0 Å². The van der Waals surface area contributed by atoms with Crippen LogP contribution < -0.4 is 10.1 Å². The van der Waals surface area contributed by atoms with Crippen LogP contribution in [0.5, 0.6) is 5.75 Å². The van der Waals surface area contributed by atoms with Crippen LogP contribution in [0.4, 0.5) is 4.79 Å². The third-order valence-electron chi connectivity index (χ3n) is 4.85. The molecule has 1 fully saturated rings. The zero-order valence-electron chi connectivity index (χ0n) is 21.5. The van der Waals surface area contributed by atoms with E-state index in [0.717, 1.165) is 6.26 Å². The van der Waals surface area contributed by atoms with E-state index in [2.05, 4.69) is 5.32 Å². The van der Waals surface area contributed by atoms with Crippen molar-refractivity contribution in [1.29, 1.82) is 0 Å². The first-order valence-electron chi connectivity index (χ1n) is 11.1. The zero-order valence-corrected chi connectivity index (χ0v) is 22.3. The van der Waals surface area contributed by atoms with E-state index in [9.17, 15) is 13.2 Å². The first kappa shape index (κ1) is 29.3. The van der Waals surface area contributed by atoms with Crippen molar-refractivity contribution in [2.75, 3.05) is 33.9 Å². The van der Waals surface area contributed by atoms with Gasteiger partial charge >= 0.3 is 6.09 Å². The summed E-state index contributed by atoms with van der Waals surface area (Å²) in [5, 5.41) is 2.87. The molecule has 0 spiro atoms. The van der Waals surface area contributed by atoms with Crippen LogP contribution in [0.1, 0.15) is 46.2 Å². The smallest absolute Gasteiger partial charge is 0.408 e. The SMILES string of the molecule is COCO[C@@H](COS(C)(=O)=O)[C@@H]1OC(C)(C)O[C@H]1[C@H](NC(=O)OC(C)(C)C)c1ccc(OC)cc1. The second-order valence-electron chi connectivity index (χ2n) is 9.56. The van der Waals surface area contributed by atoms with Gasteiger partial charge < -0.3 is 33.7 Å². The van der Waals surface area contributed by atoms with E-state index in [1.807, 2.05) is 0 Å². The number of nitrogens with one attached hydrogen (secondary N) is 1. The number of carbonyl (C=O) groups excluding carboxylic acids is 1. The number of methoxy groups -OCH3 is 2. The maximum atomic E-state index is 12.8. The van der Waals surface area contributed by atoms with Gasteiger partial charge in [0.25, 0.3) is 10.1 Å². The first-order chi connectivity index (χ1) is 16.1. The summed E-state index contributed by atoms with van der Waals surface area (Å²) < 4.78 is 62.1. The molecule has 1 aliphatic heterocycles. The number of carbonyl (C=O) groups is 1. The highest BCUT2D eigenvalue weighted by Gasteiger charge is 2.50. The molecular weight excluding hydrogens is 482 g/mol. The number of ether oxygens (including phenoxy) is 6. The van der Waals surface area contributed by atoms with E-state index in [1.54, 1.807) is 66.0 Å². The molecule has 1 N–H and O–H groups in total. The number of benzene rings is 1. The van der Waals surface area contributed by atoms with Gasteiger partial charge in [0.1, 0.15) is 36.5 Å². The number of alkyl carbamates (subject to hydrolysis) is 1. The monoisotopic (exact) mass is 519 g/mol. The van der Waals surface area contributed by atoms with Crippen molar-refractivity contribution in [1.82, 2.24) is 5.32 Å². The van der Waals surface area contributed by atoms with Crippen molar-refractivity contribution >= 4 is 16.2 Å².